The molecule has 0 spiro atoms. The summed E-state index contributed by atoms with van der Waals surface area (Å²) in [4.78, 5) is 42.6. The lowest BCUT2D eigenvalue weighted by molar-refractivity contribution is -0.135. The maximum absolute atomic E-state index is 13.4. The fraction of sp³-hybridized carbons (Fsp3) is 0.321. The normalized spacial score (nSPS) is 21.4. The predicted octanol–water partition coefficient (Wildman–Crippen LogP) is 2.80. The minimum atomic E-state index is -1.24. The first-order valence-electron chi connectivity index (χ1n) is 12.2. The quantitative estimate of drug-likeness (QED) is 0.501. The van der Waals surface area contributed by atoms with Gasteiger partial charge < -0.3 is 15.4 Å². The number of amides is 4. The molecule has 2 saturated heterocycles. The Labute approximate surface area is 210 Å². The molecule has 0 saturated carbocycles. The highest BCUT2D eigenvalue weighted by Crippen LogP contribution is 2.31. The lowest BCUT2D eigenvalue weighted by Crippen LogP contribution is -2.47. The van der Waals surface area contributed by atoms with Crippen LogP contribution in [0.25, 0.3) is 10.8 Å². The number of hydrogen-bond acceptors (Lipinski definition) is 5. The first-order valence-corrected chi connectivity index (χ1v) is 12.2. The summed E-state index contributed by atoms with van der Waals surface area (Å²) in [6.07, 6.45) is 0. The van der Waals surface area contributed by atoms with Gasteiger partial charge in [0.2, 0.25) is 5.91 Å². The molecule has 2 aliphatic heterocycles. The average Bonchev–Trinajstić information content (AvgIpc) is 3.12. The van der Waals surface area contributed by atoms with E-state index in [1.54, 1.807) is 6.92 Å². The SMILES string of the molecule is C[C@]1(c2ccc3ccccc3c2)NC(=O)N(CC(=O)N[C@@H](CN2CCOCC2)c2ccccc2)C1=O. The first-order chi connectivity index (χ1) is 17.4. The van der Waals surface area contributed by atoms with E-state index < -0.39 is 17.5 Å². The Balaban J connectivity index is 1.31. The Morgan fingerprint density at radius 1 is 1.00 bits per heavy atom. The molecule has 2 atom stereocenters. The lowest BCUT2D eigenvalue weighted by Gasteiger charge is -2.31. The number of ether oxygens (including phenoxy) is 1. The molecule has 0 bridgehead atoms. The van der Waals surface area contributed by atoms with E-state index >= 15 is 0 Å². The van der Waals surface area contributed by atoms with Crippen LogP contribution in [0.5, 0.6) is 0 Å². The minimum Gasteiger partial charge on any atom is -0.379 e. The topological polar surface area (TPSA) is 91.0 Å². The zero-order chi connectivity index (χ0) is 25.1. The molecule has 3 aromatic rings. The number of morpholine rings is 1. The number of nitrogens with zero attached hydrogens (tertiary/aromatic N) is 2. The molecule has 0 aromatic heterocycles. The van der Waals surface area contributed by atoms with Gasteiger partial charge in [-0.2, -0.15) is 0 Å². The van der Waals surface area contributed by atoms with Gasteiger partial charge in [-0.15, -0.1) is 0 Å². The number of nitrogens with one attached hydrogen (secondary N) is 2. The van der Waals surface area contributed by atoms with Gasteiger partial charge >= 0.3 is 6.03 Å². The standard InChI is InChI=1S/C28H30N4O4/c1-28(23-12-11-20-7-5-6-10-22(20)17-23)26(34)32(27(35)30-28)19-25(33)29-24(21-8-3-2-4-9-21)18-31-13-15-36-16-14-31/h2-12,17,24H,13-16,18-19H2,1H3,(H,29,33)(H,30,35)/t24-,28+/m0/s1. The van der Waals surface area contributed by atoms with Gasteiger partial charge in [-0.05, 0) is 34.9 Å². The second kappa shape index (κ2) is 10.1. The summed E-state index contributed by atoms with van der Waals surface area (Å²) in [5.41, 5.74) is 0.404. The van der Waals surface area contributed by atoms with Crippen LogP contribution in [0, 0.1) is 0 Å². The molecular formula is C28H30N4O4. The summed E-state index contributed by atoms with van der Waals surface area (Å²) in [6, 6.07) is 22.4. The molecule has 8 heteroatoms. The minimum absolute atomic E-state index is 0.274. The van der Waals surface area contributed by atoms with Gasteiger partial charge in [-0.1, -0.05) is 66.7 Å². The van der Waals surface area contributed by atoms with Crippen LogP contribution in [0.4, 0.5) is 4.79 Å². The van der Waals surface area contributed by atoms with Crippen molar-refractivity contribution in [3.05, 3.63) is 83.9 Å². The molecule has 2 aliphatic rings. The highest BCUT2D eigenvalue weighted by molar-refractivity contribution is 6.09. The van der Waals surface area contributed by atoms with Crippen LogP contribution in [0.15, 0.2) is 72.8 Å². The Bertz CT molecular complexity index is 1270. The molecule has 0 unspecified atom stereocenters. The second-order valence-corrected chi connectivity index (χ2v) is 9.45. The van der Waals surface area contributed by atoms with Gasteiger partial charge in [-0.3, -0.25) is 19.4 Å². The highest BCUT2D eigenvalue weighted by atomic mass is 16.5. The molecule has 4 amide bonds. The van der Waals surface area contributed by atoms with E-state index in [-0.39, 0.29) is 18.5 Å². The van der Waals surface area contributed by atoms with Crippen LogP contribution < -0.4 is 10.6 Å². The third-order valence-corrected chi connectivity index (χ3v) is 6.99. The van der Waals surface area contributed by atoms with Crippen LogP contribution >= 0.6 is 0 Å². The first kappa shape index (κ1) is 24.0. The number of imide groups is 1. The number of urea groups is 1. The third-order valence-electron chi connectivity index (χ3n) is 6.99. The highest BCUT2D eigenvalue weighted by Gasteiger charge is 2.49. The van der Waals surface area contributed by atoms with Crippen LogP contribution in [-0.2, 0) is 19.9 Å². The zero-order valence-electron chi connectivity index (χ0n) is 20.3. The molecule has 2 fully saturated rings. The number of carbonyl (C=O) groups excluding carboxylic acids is 3. The number of benzene rings is 3. The van der Waals surface area contributed by atoms with Crippen molar-refractivity contribution in [3.8, 4) is 0 Å². The van der Waals surface area contributed by atoms with Crippen LogP contribution in [-0.4, -0.2) is 67.0 Å². The summed E-state index contributed by atoms with van der Waals surface area (Å²) < 4.78 is 5.44. The number of rotatable bonds is 7. The maximum Gasteiger partial charge on any atom is 0.325 e. The van der Waals surface area contributed by atoms with E-state index in [4.69, 9.17) is 4.74 Å². The van der Waals surface area contributed by atoms with Gasteiger partial charge in [0.05, 0.1) is 19.3 Å². The number of fused-ring (bicyclic) bond motifs is 1. The van der Waals surface area contributed by atoms with E-state index in [0.29, 0.717) is 25.3 Å². The fourth-order valence-corrected chi connectivity index (χ4v) is 4.88. The van der Waals surface area contributed by atoms with Gasteiger partial charge in [0.15, 0.2) is 0 Å². The molecule has 2 N–H and O–H groups in total. The smallest absolute Gasteiger partial charge is 0.325 e. The Morgan fingerprint density at radius 2 is 1.69 bits per heavy atom. The number of hydrogen-bond donors (Lipinski definition) is 2. The summed E-state index contributed by atoms with van der Waals surface area (Å²) in [5, 5.41) is 7.87. The molecular weight excluding hydrogens is 456 g/mol. The van der Waals surface area contributed by atoms with Gasteiger partial charge in [0.1, 0.15) is 12.1 Å². The molecule has 8 nitrogen and oxygen atoms in total. The summed E-state index contributed by atoms with van der Waals surface area (Å²) in [7, 11) is 0. The van der Waals surface area contributed by atoms with Crippen molar-refractivity contribution in [2.75, 3.05) is 39.4 Å². The monoisotopic (exact) mass is 486 g/mol. The predicted molar refractivity (Wildman–Crippen MR) is 136 cm³/mol. The van der Waals surface area contributed by atoms with Crippen molar-refractivity contribution in [2.24, 2.45) is 0 Å². The van der Waals surface area contributed by atoms with Gasteiger partial charge in [-0.25, -0.2) is 4.79 Å². The van der Waals surface area contributed by atoms with E-state index in [1.165, 1.54) is 0 Å². The summed E-state index contributed by atoms with van der Waals surface area (Å²) in [6.45, 7) is 4.85. The fourth-order valence-electron chi connectivity index (χ4n) is 4.88. The zero-order valence-corrected chi connectivity index (χ0v) is 20.3. The van der Waals surface area contributed by atoms with Crippen LogP contribution in [0.1, 0.15) is 24.1 Å². The van der Waals surface area contributed by atoms with Crippen LogP contribution in [0.2, 0.25) is 0 Å². The molecule has 5 rings (SSSR count). The number of carbonyl (C=O) groups is 3. The average molecular weight is 487 g/mol. The third kappa shape index (κ3) is 4.82. The van der Waals surface area contributed by atoms with Crippen molar-refractivity contribution in [3.63, 3.8) is 0 Å². The van der Waals surface area contributed by atoms with Crippen molar-refractivity contribution in [1.29, 1.82) is 0 Å². The van der Waals surface area contributed by atoms with E-state index in [9.17, 15) is 14.4 Å². The van der Waals surface area contributed by atoms with E-state index in [1.807, 2.05) is 72.8 Å². The van der Waals surface area contributed by atoms with Crippen LogP contribution in [0.3, 0.4) is 0 Å². The largest absolute Gasteiger partial charge is 0.379 e. The Morgan fingerprint density at radius 3 is 2.44 bits per heavy atom. The van der Waals surface area contributed by atoms with Gasteiger partial charge in [0, 0.05) is 19.6 Å². The maximum atomic E-state index is 13.4. The molecule has 0 radical (unpaired) electrons. The Kier molecular flexibility index (Phi) is 6.71. The Hall–Kier alpha value is -3.75. The molecule has 0 aliphatic carbocycles. The van der Waals surface area contributed by atoms with Crippen molar-refractivity contribution < 1.29 is 19.1 Å². The second-order valence-electron chi connectivity index (χ2n) is 9.45. The summed E-state index contributed by atoms with van der Waals surface area (Å²) in [5.74, 6) is -0.828. The molecule has 2 heterocycles. The van der Waals surface area contributed by atoms with Crippen molar-refractivity contribution >= 4 is 28.6 Å². The van der Waals surface area contributed by atoms with E-state index in [0.717, 1.165) is 34.3 Å². The molecule has 3 aromatic carbocycles. The summed E-state index contributed by atoms with van der Waals surface area (Å²) >= 11 is 0. The van der Waals surface area contributed by atoms with Crippen molar-refractivity contribution in [1.82, 2.24) is 20.4 Å². The molecule has 36 heavy (non-hydrogen) atoms. The van der Waals surface area contributed by atoms with E-state index in [2.05, 4.69) is 15.5 Å². The van der Waals surface area contributed by atoms with Gasteiger partial charge in [0.25, 0.3) is 5.91 Å². The lowest BCUT2D eigenvalue weighted by atomic mass is 9.90. The molecule has 186 valence electrons. The van der Waals surface area contributed by atoms with Crippen molar-refractivity contribution in [2.45, 2.75) is 18.5 Å².